The van der Waals surface area contributed by atoms with Crippen LogP contribution in [0.25, 0.3) is 0 Å². The molecule has 0 aliphatic carbocycles. The SMILES string of the molecule is O=Nc1ccc(C(=O)Cn2ccc(=O)[nH]c2=O)o1. The zero-order valence-electron chi connectivity index (χ0n) is 8.95. The van der Waals surface area contributed by atoms with Crippen molar-refractivity contribution in [3.63, 3.8) is 0 Å². The molecule has 0 aromatic carbocycles. The van der Waals surface area contributed by atoms with Crippen molar-refractivity contribution in [3.8, 4) is 0 Å². The summed E-state index contributed by atoms with van der Waals surface area (Å²) in [5.41, 5.74) is -1.25. The quantitative estimate of drug-likeness (QED) is 0.622. The first kappa shape index (κ1) is 11.7. The minimum absolute atomic E-state index is 0.0808. The summed E-state index contributed by atoms with van der Waals surface area (Å²) in [6, 6.07) is 3.65. The number of furan rings is 1. The Kier molecular flexibility index (Phi) is 3.00. The standard InChI is InChI=1S/C10H7N3O5/c14-6(7-1-2-9(12-17)18-7)5-13-4-3-8(15)11-10(13)16/h1-4H,5H2,(H,11,15,16). The maximum Gasteiger partial charge on any atom is 0.328 e. The number of H-pyrrole nitrogens is 1. The second kappa shape index (κ2) is 4.62. The fourth-order valence-electron chi connectivity index (χ4n) is 1.33. The third-order valence-electron chi connectivity index (χ3n) is 2.17. The van der Waals surface area contributed by atoms with Gasteiger partial charge in [-0.1, -0.05) is 0 Å². The Bertz CT molecular complexity index is 709. The largest absolute Gasteiger partial charge is 0.432 e. The highest BCUT2D eigenvalue weighted by atomic mass is 16.4. The van der Waals surface area contributed by atoms with E-state index in [-0.39, 0.29) is 18.2 Å². The van der Waals surface area contributed by atoms with Gasteiger partial charge in [-0.25, -0.2) is 4.79 Å². The van der Waals surface area contributed by atoms with Crippen LogP contribution in [0.2, 0.25) is 0 Å². The molecule has 2 rings (SSSR count). The predicted molar refractivity (Wildman–Crippen MR) is 59.8 cm³/mol. The minimum Gasteiger partial charge on any atom is -0.432 e. The summed E-state index contributed by atoms with van der Waals surface area (Å²) in [6.07, 6.45) is 1.20. The first-order valence-electron chi connectivity index (χ1n) is 4.86. The highest BCUT2D eigenvalue weighted by Crippen LogP contribution is 2.16. The molecule has 0 fully saturated rings. The van der Waals surface area contributed by atoms with Crippen LogP contribution in [0, 0.1) is 4.91 Å². The van der Waals surface area contributed by atoms with E-state index < -0.39 is 17.0 Å². The van der Waals surface area contributed by atoms with Crippen molar-refractivity contribution in [2.45, 2.75) is 6.54 Å². The predicted octanol–water partition coefficient (Wildman–Crippen LogP) is 0.410. The molecule has 0 unspecified atom stereocenters. The Morgan fingerprint density at radius 1 is 1.33 bits per heavy atom. The second-order valence-corrected chi connectivity index (χ2v) is 3.39. The summed E-state index contributed by atoms with van der Waals surface area (Å²) in [5.74, 6) is -0.811. The molecular formula is C10H7N3O5. The zero-order chi connectivity index (χ0) is 13.1. The second-order valence-electron chi connectivity index (χ2n) is 3.39. The lowest BCUT2D eigenvalue weighted by Crippen LogP contribution is -2.30. The summed E-state index contributed by atoms with van der Waals surface area (Å²) in [5, 5.41) is 2.52. The molecule has 0 saturated heterocycles. The Hall–Kier alpha value is -2.77. The smallest absolute Gasteiger partial charge is 0.328 e. The number of ketones is 1. The van der Waals surface area contributed by atoms with Gasteiger partial charge in [-0.15, -0.1) is 4.91 Å². The molecule has 0 bridgehead atoms. The monoisotopic (exact) mass is 249 g/mol. The molecule has 0 aliphatic rings. The van der Waals surface area contributed by atoms with E-state index in [1.54, 1.807) is 0 Å². The van der Waals surface area contributed by atoms with Crippen molar-refractivity contribution >= 4 is 11.7 Å². The lowest BCUT2D eigenvalue weighted by molar-refractivity contribution is 0.0944. The van der Waals surface area contributed by atoms with Crippen LogP contribution in [0.1, 0.15) is 10.6 Å². The van der Waals surface area contributed by atoms with Crippen LogP contribution >= 0.6 is 0 Å². The number of hydrogen-bond acceptors (Lipinski definition) is 6. The van der Waals surface area contributed by atoms with E-state index in [1.807, 2.05) is 4.98 Å². The fourth-order valence-corrected chi connectivity index (χ4v) is 1.33. The number of aromatic amines is 1. The number of carbonyl (C=O) groups excluding carboxylic acids is 1. The number of rotatable bonds is 4. The Morgan fingerprint density at radius 3 is 2.72 bits per heavy atom. The molecule has 18 heavy (non-hydrogen) atoms. The third kappa shape index (κ3) is 2.32. The van der Waals surface area contributed by atoms with E-state index >= 15 is 0 Å². The molecule has 8 heteroatoms. The fraction of sp³-hybridized carbons (Fsp3) is 0.100. The normalized spacial score (nSPS) is 10.2. The van der Waals surface area contributed by atoms with Gasteiger partial charge in [0, 0.05) is 23.5 Å². The highest BCUT2D eigenvalue weighted by molar-refractivity contribution is 5.93. The van der Waals surface area contributed by atoms with Gasteiger partial charge in [0.25, 0.3) is 11.4 Å². The van der Waals surface area contributed by atoms with Gasteiger partial charge in [0.2, 0.25) is 5.78 Å². The van der Waals surface area contributed by atoms with Gasteiger partial charge < -0.3 is 4.42 Å². The van der Waals surface area contributed by atoms with Gasteiger partial charge in [0.05, 0.1) is 6.54 Å². The molecule has 0 saturated carbocycles. The topological polar surface area (TPSA) is 114 Å². The summed E-state index contributed by atoms with van der Waals surface area (Å²) >= 11 is 0. The van der Waals surface area contributed by atoms with Crippen LogP contribution in [-0.4, -0.2) is 15.3 Å². The lowest BCUT2D eigenvalue weighted by Gasteiger charge is -2.01. The van der Waals surface area contributed by atoms with Crippen molar-refractivity contribution in [1.29, 1.82) is 0 Å². The number of Topliss-reactive ketones (excluding diaryl/α,β-unsaturated/α-hetero) is 1. The maximum absolute atomic E-state index is 11.7. The van der Waals surface area contributed by atoms with E-state index in [1.165, 1.54) is 18.3 Å². The van der Waals surface area contributed by atoms with Gasteiger partial charge in [-0.2, -0.15) is 0 Å². The molecule has 0 radical (unpaired) electrons. The van der Waals surface area contributed by atoms with Crippen LogP contribution in [0.15, 0.2) is 43.6 Å². The van der Waals surface area contributed by atoms with Gasteiger partial charge in [-0.3, -0.25) is 19.1 Å². The highest BCUT2D eigenvalue weighted by Gasteiger charge is 2.13. The van der Waals surface area contributed by atoms with Gasteiger partial charge in [0.15, 0.2) is 5.76 Å². The van der Waals surface area contributed by atoms with Crippen LogP contribution in [0.3, 0.4) is 0 Å². The maximum atomic E-state index is 11.7. The average molecular weight is 249 g/mol. The van der Waals surface area contributed by atoms with Crippen molar-refractivity contribution in [3.05, 3.63) is 55.9 Å². The third-order valence-corrected chi connectivity index (χ3v) is 2.17. The number of nitrogens with zero attached hydrogens (tertiary/aromatic N) is 2. The molecule has 92 valence electrons. The molecule has 2 aromatic heterocycles. The van der Waals surface area contributed by atoms with E-state index in [0.29, 0.717) is 0 Å². The summed E-state index contributed by atoms with van der Waals surface area (Å²) in [6.45, 7) is -0.304. The van der Waals surface area contributed by atoms with Crippen LogP contribution in [0.5, 0.6) is 0 Å². The number of carbonyl (C=O) groups is 1. The molecule has 0 amide bonds. The molecular weight excluding hydrogens is 242 g/mol. The van der Waals surface area contributed by atoms with E-state index in [0.717, 1.165) is 10.6 Å². The number of nitroso groups, excluding NO2 is 1. The zero-order valence-corrected chi connectivity index (χ0v) is 8.95. The lowest BCUT2D eigenvalue weighted by atomic mass is 10.3. The molecule has 8 nitrogen and oxygen atoms in total. The summed E-state index contributed by atoms with van der Waals surface area (Å²) in [4.78, 5) is 46.0. The van der Waals surface area contributed by atoms with E-state index in [4.69, 9.17) is 4.42 Å². The van der Waals surface area contributed by atoms with Gasteiger partial charge in [-0.05, 0) is 6.07 Å². The van der Waals surface area contributed by atoms with Crippen molar-refractivity contribution in [2.24, 2.45) is 5.18 Å². The van der Waals surface area contributed by atoms with E-state index in [2.05, 4.69) is 5.18 Å². The van der Waals surface area contributed by atoms with Crippen molar-refractivity contribution in [1.82, 2.24) is 9.55 Å². The van der Waals surface area contributed by atoms with E-state index in [9.17, 15) is 19.3 Å². The molecule has 2 heterocycles. The van der Waals surface area contributed by atoms with Gasteiger partial charge >= 0.3 is 5.69 Å². The summed E-state index contributed by atoms with van der Waals surface area (Å²) < 4.78 is 5.83. The van der Waals surface area contributed by atoms with Gasteiger partial charge in [0.1, 0.15) is 0 Å². The first-order valence-corrected chi connectivity index (χ1v) is 4.86. The Morgan fingerprint density at radius 2 is 2.11 bits per heavy atom. The molecule has 0 aliphatic heterocycles. The first-order chi connectivity index (χ1) is 8.60. The van der Waals surface area contributed by atoms with Crippen molar-refractivity contribution < 1.29 is 9.21 Å². The van der Waals surface area contributed by atoms with Crippen molar-refractivity contribution in [2.75, 3.05) is 0 Å². The molecule has 0 spiro atoms. The number of aromatic nitrogens is 2. The molecule has 0 atom stereocenters. The average Bonchev–Trinajstić information content (AvgIpc) is 2.81. The molecule has 1 N–H and O–H groups in total. The number of nitrogens with one attached hydrogen (secondary N) is 1. The van der Waals surface area contributed by atoms with Crippen LogP contribution in [0.4, 0.5) is 5.88 Å². The Balaban J connectivity index is 2.23. The number of hydrogen-bond donors (Lipinski definition) is 1. The Labute approximate surface area is 98.8 Å². The van der Waals surface area contributed by atoms with Crippen LogP contribution < -0.4 is 11.2 Å². The van der Waals surface area contributed by atoms with Crippen LogP contribution in [-0.2, 0) is 6.54 Å². The minimum atomic E-state index is -0.698. The summed E-state index contributed by atoms with van der Waals surface area (Å²) in [7, 11) is 0. The molecule has 2 aromatic rings.